The van der Waals surface area contributed by atoms with Gasteiger partial charge in [-0.05, 0) is 25.8 Å². The Morgan fingerprint density at radius 3 is 2.38 bits per heavy atom. The maximum absolute atomic E-state index is 10.2. The van der Waals surface area contributed by atoms with Crippen molar-refractivity contribution in [3.05, 3.63) is 24.5 Å². The average molecular weight is 184 g/mol. The molecule has 1 aliphatic heterocycles. The zero-order chi connectivity index (χ0) is 10.1. The number of rotatable bonds is 1. The second-order valence-electron chi connectivity index (χ2n) is 2.66. The van der Waals surface area contributed by atoms with Crippen LogP contribution in [0.5, 0.6) is 0 Å². The molecule has 0 unspecified atom stereocenters. The lowest BCUT2D eigenvalue weighted by atomic mass is 10.3. The monoisotopic (exact) mass is 184 g/mol. The van der Waals surface area contributed by atoms with Crippen LogP contribution in [0.4, 0.5) is 0 Å². The van der Waals surface area contributed by atoms with Crippen LogP contribution in [0.3, 0.4) is 0 Å². The molecule has 0 saturated heterocycles. The maximum Gasteiger partial charge on any atom is 0.332 e. The third-order valence-corrected chi connectivity index (χ3v) is 1.36. The van der Waals surface area contributed by atoms with E-state index >= 15 is 0 Å². The molecule has 0 aromatic rings. The van der Waals surface area contributed by atoms with Crippen molar-refractivity contribution in [2.75, 3.05) is 13.7 Å². The minimum absolute atomic E-state index is 0.347. The van der Waals surface area contributed by atoms with Gasteiger partial charge >= 0.3 is 5.97 Å². The van der Waals surface area contributed by atoms with Gasteiger partial charge in [0, 0.05) is 5.57 Å². The highest BCUT2D eigenvalue weighted by molar-refractivity contribution is 5.86. The molecule has 0 aromatic heterocycles. The fourth-order valence-corrected chi connectivity index (χ4v) is 0.663. The number of hydrogen-bond acceptors (Lipinski definition) is 3. The number of allylic oxidation sites excluding steroid dienone is 1. The Balaban J connectivity index is 0.000000223. The van der Waals surface area contributed by atoms with Gasteiger partial charge in [-0.1, -0.05) is 6.58 Å². The molecule has 0 N–H and O–H groups in total. The molecule has 3 nitrogen and oxygen atoms in total. The normalized spacial score (nSPS) is 13.4. The summed E-state index contributed by atoms with van der Waals surface area (Å²) in [6.07, 6.45) is 6.20. The Bertz CT molecular complexity index is 186. The van der Waals surface area contributed by atoms with Gasteiger partial charge in [0.15, 0.2) is 0 Å². The third-order valence-electron chi connectivity index (χ3n) is 1.36. The minimum atomic E-state index is -0.347. The smallest absolute Gasteiger partial charge is 0.332 e. The topological polar surface area (TPSA) is 35.5 Å². The van der Waals surface area contributed by atoms with Crippen molar-refractivity contribution in [3.63, 3.8) is 0 Å². The third kappa shape index (κ3) is 7.12. The number of carbonyl (C=O) groups excluding carboxylic acids is 1. The Morgan fingerprint density at radius 1 is 1.62 bits per heavy atom. The van der Waals surface area contributed by atoms with E-state index in [9.17, 15) is 4.79 Å². The van der Waals surface area contributed by atoms with Crippen molar-refractivity contribution in [3.8, 4) is 0 Å². The molecule has 0 bridgehead atoms. The molecule has 3 heteroatoms. The SMILES string of the molecule is C1=COCCC1.C=C(C)C(=O)OC. The van der Waals surface area contributed by atoms with Crippen LogP contribution in [0.1, 0.15) is 19.8 Å². The number of methoxy groups -OCH3 is 1. The lowest BCUT2D eigenvalue weighted by Gasteiger charge is -2.01. The molecule has 0 fully saturated rings. The van der Waals surface area contributed by atoms with E-state index in [1.807, 2.05) is 6.08 Å². The lowest BCUT2D eigenvalue weighted by molar-refractivity contribution is -0.136. The molecule has 0 spiro atoms. The zero-order valence-corrected chi connectivity index (χ0v) is 8.21. The lowest BCUT2D eigenvalue weighted by Crippen LogP contribution is -1.98. The van der Waals surface area contributed by atoms with E-state index in [1.165, 1.54) is 20.0 Å². The summed E-state index contributed by atoms with van der Waals surface area (Å²) in [5.74, 6) is -0.347. The van der Waals surface area contributed by atoms with E-state index in [4.69, 9.17) is 4.74 Å². The van der Waals surface area contributed by atoms with E-state index in [2.05, 4.69) is 11.3 Å². The quantitative estimate of drug-likeness (QED) is 0.462. The minimum Gasteiger partial charge on any atom is -0.502 e. The van der Waals surface area contributed by atoms with E-state index in [0.717, 1.165) is 6.61 Å². The van der Waals surface area contributed by atoms with Crippen molar-refractivity contribution in [1.29, 1.82) is 0 Å². The maximum atomic E-state index is 10.2. The summed E-state index contributed by atoms with van der Waals surface area (Å²) >= 11 is 0. The second kappa shape index (κ2) is 7.40. The highest BCUT2D eigenvalue weighted by Crippen LogP contribution is 1.97. The molecular formula is C10H16O3. The van der Waals surface area contributed by atoms with E-state index in [-0.39, 0.29) is 5.97 Å². The van der Waals surface area contributed by atoms with Crippen molar-refractivity contribution < 1.29 is 14.3 Å². The summed E-state index contributed by atoms with van der Waals surface area (Å²) in [6.45, 7) is 5.87. The summed E-state index contributed by atoms with van der Waals surface area (Å²) in [7, 11) is 1.33. The predicted molar refractivity (Wildman–Crippen MR) is 51.2 cm³/mol. The summed E-state index contributed by atoms with van der Waals surface area (Å²) < 4.78 is 9.16. The first-order valence-corrected chi connectivity index (χ1v) is 4.19. The molecule has 0 aliphatic carbocycles. The van der Waals surface area contributed by atoms with Gasteiger partial charge in [-0.25, -0.2) is 4.79 Å². The van der Waals surface area contributed by atoms with Crippen LogP contribution in [-0.2, 0) is 14.3 Å². The van der Waals surface area contributed by atoms with E-state index in [0.29, 0.717) is 5.57 Å². The van der Waals surface area contributed by atoms with Crippen LogP contribution < -0.4 is 0 Å². The van der Waals surface area contributed by atoms with Gasteiger partial charge in [0.1, 0.15) is 0 Å². The molecular weight excluding hydrogens is 168 g/mol. The predicted octanol–water partition coefficient (Wildman–Crippen LogP) is 2.05. The molecule has 74 valence electrons. The van der Waals surface area contributed by atoms with Crippen LogP contribution >= 0.6 is 0 Å². The second-order valence-corrected chi connectivity index (χ2v) is 2.66. The summed E-state index contributed by atoms with van der Waals surface area (Å²) in [5.41, 5.74) is 0.433. The van der Waals surface area contributed by atoms with Crippen molar-refractivity contribution >= 4 is 5.97 Å². The van der Waals surface area contributed by atoms with E-state index in [1.54, 1.807) is 13.2 Å². The number of ether oxygens (including phenoxy) is 2. The van der Waals surface area contributed by atoms with Gasteiger partial charge in [0.25, 0.3) is 0 Å². The standard InChI is InChI=1S/C5H8O2.C5H8O/c1-4(2)5(6)7-3;1-2-4-6-5-3-1/h1H2,2-3H3;2,4H,1,3,5H2. The number of esters is 1. The molecule has 1 rings (SSSR count). The number of carbonyl (C=O) groups is 1. The Kier molecular flexibility index (Phi) is 6.69. The van der Waals surface area contributed by atoms with Crippen LogP contribution in [0.15, 0.2) is 24.5 Å². The molecule has 13 heavy (non-hydrogen) atoms. The van der Waals surface area contributed by atoms with Gasteiger partial charge in [-0.2, -0.15) is 0 Å². The zero-order valence-electron chi connectivity index (χ0n) is 8.21. The van der Waals surface area contributed by atoms with Crippen LogP contribution in [-0.4, -0.2) is 19.7 Å². The van der Waals surface area contributed by atoms with E-state index < -0.39 is 0 Å². The number of hydrogen-bond donors (Lipinski definition) is 0. The Labute approximate surface area is 79.0 Å². The Hall–Kier alpha value is -1.25. The molecule has 0 atom stereocenters. The van der Waals surface area contributed by atoms with Gasteiger partial charge in [0.2, 0.25) is 0 Å². The molecule has 1 heterocycles. The molecule has 0 amide bonds. The van der Waals surface area contributed by atoms with Crippen molar-refractivity contribution in [2.45, 2.75) is 19.8 Å². The molecule has 0 saturated carbocycles. The summed E-state index contributed by atoms with van der Waals surface area (Å²) in [6, 6.07) is 0. The van der Waals surface area contributed by atoms with Crippen molar-refractivity contribution in [2.24, 2.45) is 0 Å². The first-order chi connectivity index (χ1) is 6.18. The average Bonchev–Trinajstić information content (AvgIpc) is 2.20. The van der Waals surface area contributed by atoms with Gasteiger partial charge < -0.3 is 9.47 Å². The van der Waals surface area contributed by atoms with Crippen LogP contribution in [0, 0.1) is 0 Å². The highest BCUT2D eigenvalue weighted by Gasteiger charge is 1.95. The highest BCUT2D eigenvalue weighted by atomic mass is 16.5. The van der Waals surface area contributed by atoms with Gasteiger partial charge in [0.05, 0.1) is 20.0 Å². The molecule has 0 radical (unpaired) electrons. The van der Waals surface area contributed by atoms with Gasteiger partial charge in [-0.15, -0.1) is 0 Å². The first-order valence-electron chi connectivity index (χ1n) is 4.19. The summed E-state index contributed by atoms with van der Waals surface area (Å²) in [5, 5.41) is 0. The first kappa shape index (κ1) is 11.8. The van der Waals surface area contributed by atoms with Crippen molar-refractivity contribution in [1.82, 2.24) is 0 Å². The largest absolute Gasteiger partial charge is 0.502 e. The fraction of sp³-hybridized carbons (Fsp3) is 0.500. The molecule has 1 aliphatic rings. The van der Waals surface area contributed by atoms with Gasteiger partial charge in [-0.3, -0.25) is 0 Å². The Morgan fingerprint density at radius 2 is 2.31 bits per heavy atom. The molecule has 0 aromatic carbocycles. The van der Waals surface area contributed by atoms with Crippen LogP contribution in [0.25, 0.3) is 0 Å². The summed E-state index contributed by atoms with van der Waals surface area (Å²) in [4.78, 5) is 10.2. The fourth-order valence-electron chi connectivity index (χ4n) is 0.663. The van der Waals surface area contributed by atoms with Crippen LogP contribution in [0.2, 0.25) is 0 Å².